The Morgan fingerprint density at radius 1 is 1.39 bits per heavy atom. The van der Waals surface area contributed by atoms with Gasteiger partial charge in [-0.3, -0.25) is 14.6 Å². The molecule has 0 radical (unpaired) electrons. The van der Waals surface area contributed by atoms with Gasteiger partial charge in [0.1, 0.15) is 5.69 Å². The number of aryl methyl sites for hydroxylation is 1. The lowest BCUT2D eigenvalue weighted by Crippen LogP contribution is -2.49. The Balaban J connectivity index is 1.91. The Kier molecular flexibility index (Phi) is 4.25. The zero-order chi connectivity index (χ0) is 16.4. The molecule has 1 atom stereocenters. The van der Waals surface area contributed by atoms with Gasteiger partial charge in [0.2, 0.25) is 0 Å². The molecule has 1 aliphatic heterocycles. The predicted octanol–water partition coefficient (Wildman–Crippen LogP) is 1.41. The molecular weight excluding hydrogens is 292 g/mol. The fourth-order valence-corrected chi connectivity index (χ4v) is 2.94. The lowest BCUT2D eigenvalue weighted by molar-refractivity contribution is 0.0624. The summed E-state index contributed by atoms with van der Waals surface area (Å²) in [7, 11) is 1.79. The van der Waals surface area contributed by atoms with E-state index in [1.165, 1.54) is 6.92 Å². The highest BCUT2D eigenvalue weighted by molar-refractivity contribution is 5.99. The smallest absolute Gasteiger partial charge is 0.271 e. The first-order valence-electron chi connectivity index (χ1n) is 7.67. The molecule has 6 heteroatoms. The second kappa shape index (κ2) is 6.34. The number of rotatable bonds is 3. The first-order chi connectivity index (χ1) is 11.1. The van der Waals surface area contributed by atoms with Crippen molar-refractivity contribution in [2.75, 3.05) is 19.6 Å². The van der Waals surface area contributed by atoms with Gasteiger partial charge in [0.15, 0.2) is 5.78 Å². The number of Topliss-reactive ketones (excluding diaryl/α,β-unsaturated/α-hetero) is 1. The van der Waals surface area contributed by atoms with Gasteiger partial charge in [-0.2, -0.15) is 0 Å². The van der Waals surface area contributed by atoms with Crippen LogP contribution < -0.4 is 5.32 Å². The molecule has 1 N–H and O–H groups in total. The number of carbonyl (C=O) groups excluding carboxylic acids is 2. The van der Waals surface area contributed by atoms with Crippen molar-refractivity contribution in [2.45, 2.75) is 13.0 Å². The van der Waals surface area contributed by atoms with Crippen molar-refractivity contribution in [3.63, 3.8) is 0 Å². The van der Waals surface area contributed by atoms with Crippen molar-refractivity contribution in [3.8, 4) is 0 Å². The highest BCUT2D eigenvalue weighted by Gasteiger charge is 2.30. The van der Waals surface area contributed by atoms with Crippen LogP contribution in [0.2, 0.25) is 0 Å². The molecule has 23 heavy (non-hydrogen) atoms. The largest absolute Gasteiger partial charge is 0.346 e. The summed E-state index contributed by atoms with van der Waals surface area (Å²) < 4.78 is 1.72. The number of carbonyl (C=O) groups is 2. The molecule has 0 saturated carbocycles. The molecule has 1 amide bonds. The zero-order valence-electron chi connectivity index (χ0n) is 13.3. The summed E-state index contributed by atoms with van der Waals surface area (Å²) in [5.74, 6) is -0.0980. The van der Waals surface area contributed by atoms with Crippen LogP contribution in [0.15, 0.2) is 36.8 Å². The average molecular weight is 312 g/mol. The van der Waals surface area contributed by atoms with Gasteiger partial charge in [-0.1, -0.05) is 6.07 Å². The molecule has 0 spiro atoms. The number of piperazine rings is 1. The second-order valence-electron chi connectivity index (χ2n) is 5.79. The Labute approximate surface area is 135 Å². The highest BCUT2D eigenvalue weighted by Crippen LogP contribution is 2.24. The van der Waals surface area contributed by atoms with Crippen molar-refractivity contribution in [1.82, 2.24) is 19.8 Å². The third-order valence-corrected chi connectivity index (χ3v) is 4.20. The standard InChI is InChI=1S/C17H20N4O2/c1-12(22)14-8-15(20(2)11-14)17(23)21-7-6-19-10-16(21)13-4-3-5-18-9-13/h3-5,8-9,11,16,19H,6-7,10H2,1-2H3. The first kappa shape index (κ1) is 15.4. The second-order valence-corrected chi connectivity index (χ2v) is 5.79. The summed E-state index contributed by atoms with van der Waals surface area (Å²) in [5, 5.41) is 3.33. The Morgan fingerprint density at radius 2 is 2.22 bits per heavy atom. The molecule has 6 nitrogen and oxygen atoms in total. The SMILES string of the molecule is CC(=O)c1cc(C(=O)N2CCNCC2c2cccnc2)n(C)c1. The predicted molar refractivity (Wildman–Crippen MR) is 86.3 cm³/mol. The van der Waals surface area contributed by atoms with Crippen molar-refractivity contribution < 1.29 is 9.59 Å². The van der Waals surface area contributed by atoms with Crippen LogP contribution in [0, 0.1) is 0 Å². The van der Waals surface area contributed by atoms with Gasteiger partial charge in [-0.25, -0.2) is 0 Å². The van der Waals surface area contributed by atoms with Crippen LogP contribution in [0.5, 0.6) is 0 Å². The number of nitrogens with one attached hydrogen (secondary N) is 1. The third-order valence-electron chi connectivity index (χ3n) is 4.20. The summed E-state index contributed by atoms with van der Waals surface area (Å²) in [6, 6.07) is 5.48. The summed E-state index contributed by atoms with van der Waals surface area (Å²) in [6.45, 7) is 3.58. The average Bonchev–Trinajstić information content (AvgIpc) is 2.97. The molecule has 0 aromatic carbocycles. The third kappa shape index (κ3) is 3.03. The number of hydrogen-bond acceptors (Lipinski definition) is 4. The van der Waals surface area contributed by atoms with Gasteiger partial charge in [0, 0.05) is 50.8 Å². The van der Waals surface area contributed by atoms with E-state index < -0.39 is 0 Å². The van der Waals surface area contributed by atoms with Crippen molar-refractivity contribution >= 4 is 11.7 Å². The van der Waals surface area contributed by atoms with E-state index in [-0.39, 0.29) is 17.7 Å². The van der Waals surface area contributed by atoms with Crippen LogP contribution in [0.1, 0.15) is 39.4 Å². The number of pyridine rings is 1. The van der Waals surface area contributed by atoms with Crippen molar-refractivity contribution in [1.29, 1.82) is 0 Å². The molecule has 1 fully saturated rings. The lowest BCUT2D eigenvalue weighted by atomic mass is 10.0. The van der Waals surface area contributed by atoms with E-state index in [9.17, 15) is 9.59 Å². The zero-order valence-corrected chi connectivity index (χ0v) is 13.3. The van der Waals surface area contributed by atoms with Gasteiger partial charge in [0.25, 0.3) is 5.91 Å². The number of nitrogens with zero attached hydrogens (tertiary/aromatic N) is 3. The molecule has 3 rings (SSSR count). The molecule has 2 aromatic rings. The minimum atomic E-state index is -0.0599. The maximum absolute atomic E-state index is 13.0. The van der Waals surface area contributed by atoms with Crippen molar-refractivity contribution in [3.05, 3.63) is 53.6 Å². The van der Waals surface area contributed by atoms with Gasteiger partial charge >= 0.3 is 0 Å². The lowest BCUT2D eigenvalue weighted by Gasteiger charge is -2.36. The molecule has 120 valence electrons. The molecule has 0 aliphatic carbocycles. The van der Waals surface area contributed by atoms with Crippen LogP contribution in [0.25, 0.3) is 0 Å². The maximum Gasteiger partial charge on any atom is 0.271 e. The van der Waals surface area contributed by atoms with Crippen LogP contribution in [0.3, 0.4) is 0 Å². The fraction of sp³-hybridized carbons (Fsp3) is 0.353. The van der Waals surface area contributed by atoms with E-state index in [0.29, 0.717) is 24.3 Å². The summed E-state index contributed by atoms with van der Waals surface area (Å²) in [6.07, 6.45) is 5.23. The summed E-state index contributed by atoms with van der Waals surface area (Å²) in [4.78, 5) is 30.5. The molecule has 1 unspecified atom stereocenters. The first-order valence-corrected chi connectivity index (χ1v) is 7.67. The normalized spacial score (nSPS) is 18.0. The minimum absolute atomic E-state index is 0.0382. The quantitative estimate of drug-likeness (QED) is 0.870. The molecule has 2 aromatic heterocycles. The maximum atomic E-state index is 13.0. The van der Waals surface area contributed by atoms with E-state index in [1.54, 1.807) is 36.3 Å². The fourth-order valence-electron chi connectivity index (χ4n) is 2.94. The van der Waals surface area contributed by atoms with E-state index in [2.05, 4.69) is 10.3 Å². The highest BCUT2D eigenvalue weighted by atomic mass is 16.2. The van der Waals surface area contributed by atoms with E-state index in [0.717, 1.165) is 12.1 Å². The monoisotopic (exact) mass is 312 g/mol. The van der Waals surface area contributed by atoms with Crippen molar-refractivity contribution in [2.24, 2.45) is 7.05 Å². The van der Waals surface area contributed by atoms with E-state index in [1.807, 2.05) is 17.0 Å². The number of aromatic nitrogens is 2. The molecule has 3 heterocycles. The van der Waals surface area contributed by atoms with Crippen LogP contribution >= 0.6 is 0 Å². The number of hydrogen-bond donors (Lipinski definition) is 1. The molecule has 1 saturated heterocycles. The molecule has 0 bridgehead atoms. The molecular formula is C17H20N4O2. The number of ketones is 1. The molecule has 1 aliphatic rings. The Morgan fingerprint density at radius 3 is 2.87 bits per heavy atom. The van der Waals surface area contributed by atoms with Crippen LogP contribution in [-0.2, 0) is 7.05 Å². The topological polar surface area (TPSA) is 67.2 Å². The summed E-state index contributed by atoms with van der Waals surface area (Å²) >= 11 is 0. The van der Waals surface area contributed by atoms with Crippen LogP contribution in [-0.4, -0.2) is 45.8 Å². The van der Waals surface area contributed by atoms with Gasteiger partial charge < -0.3 is 14.8 Å². The van der Waals surface area contributed by atoms with E-state index >= 15 is 0 Å². The van der Waals surface area contributed by atoms with Crippen LogP contribution in [0.4, 0.5) is 0 Å². The Hall–Kier alpha value is -2.47. The van der Waals surface area contributed by atoms with Gasteiger partial charge in [-0.15, -0.1) is 0 Å². The minimum Gasteiger partial charge on any atom is -0.346 e. The van der Waals surface area contributed by atoms with Gasteiger partial charge in [-0.05, 0) is 24.6 Å². The summed E-state index contributed by atoms with van der Waals surface area (Å²) in [5.41, 5.74) is 2.10. The van der Waals surface area contributed by atoms with Gasteiger partial charge in [0.05, 0.1) is 6.04 Å². The number of amides is 1. The Bertz CT molecular complexity index is 723. The van der Waals surface area contributed by atoms with E-state index in [4.69, 9.17) is 0 Å².